The van der Waals surface area contributed by atoms with Crippen LogP contribution in [0.2, 0.25) is 0 Å². The Morgan fingerprint density at radius 2 is 1.77 bits per heavy atom. The van der Waals surface area contributed by atoms with E-state index in [2.05, 4.69) is 18.7 Å². The summed E-state index contributed by atoms with van der Waals surface area (Å²) in [5, 5.41) is 24.3. The van der Waals surface area contributed by atoms with Gasteiger partial charge in [0.05, 0.1) is 18.5 Å². The molecule has 0 aliphatic carbocycles. The molecule has 22 heteroatoms. The molecule has 1 saturated heterocycles. The summed E-state index contributed by atoms with van der Waals surface area (Å²) in [5.74, 6) is -0.718. The number of nitrogens with zero attached hydrogens (tertiary/aromatic N) is 3. The minimum absolute atomic E-state index is 0.0146. The Labute approximate surface area is 218 Å². The van der Waals surface area contributed by atoms with Gasteiger partial charge in [-0.3, -0.25) is 18.5 Å². The molecule has 3 aromatic rings. The summed E-state index contributed by atoms with van der Waals surface area (Å²) in [6.45, 7) is -1.66. The zero-order valence-electron chi connectivity index (χ0n) is 19.4. The molecule has 0 amide bonds. The van der Waals surface area contributed by atoms with Gasteiger partial charge in [0.25, 0.3) is 5.56 Å². The van der Waals surface area contributed by atoms with Crippen LogP contribution in [-0.4, -0.2) is 70.5 Å². The molecule has 1 aliphatic rings. The van der Waals surface area contributed by atoms with Gasteiger partial charge in [0.2, 0.25) is 5.58 Å². The van der Waals surface area contributed by atoms with Crippen molar-refractivity contribution < 1.29 is 70.0 Å². The number of aromatic nitrogens is 3. The van der Waals surface area contributed by atoms with Crippen LogP contribution in [0.1, 0.15) is 11.9 Å². The predicted molar refractivity (Wildman–Crippen MR) is 120 cm³/mol. The summed E-state index contributed by atoms with van der Waals surface area (Å²) >= 11 is 0. The molecule has 0 bridgehead atoms. The lowest BCUT2D eigenvalue weighted by Crippen LogP contribution is -2.43. The number of hydrogen-bond donors (Lipinski definition) is 5. The van der Waals surface area contributed by atoms with Crippen molar-refractivity contribution in [2.75, 3.05) is 6.61 Å². The Hall–Kier alpha value is -2.90. The monoisotopic (exact) mass is 619 g/mol. The molecule has 0 saturated carbocycles. The molecule has 3 heterocycles. The van der Waals surface area contributed by atoms with Crippen LogP contribution in [0.3, 0.4) is 0 Å². The number of aliphatic hydroxyl groups excluding tert-OH is 2. The Kier molecular flexibility index (Phi) is 8.14. The van der Waals surface area contributed by atoms with Gasteiger partial charge in [-0.25, -0.2) is 13.9 Å². The van der Waals surface area contributed by atoms with Gasteiger partial charge in [-0.15, -0.1) is 13.2 Å². The summed E-state index contributed by atoms with van der Waals surface area (Å²) in [4.78, 5) is 52.3. The predicted octanol–water partition coefficient (Wildman–Crippen LogP) is -0.0564. The van der Waals surface area contributed by atoms with Crippen molar-refractivity contribution in [2.45, 2.75) is 37.4 Å². The smallest absolute Gasteiger partial charge is 0.402 e. The van der Waals surface area contributed by atoms with Crippen molar-refractivity contribution in [3.63, 3.8) is 0 Å². The van der Waals surface area contributed by atoms with E-state index in [9.17, 15) is 47.0 Å². The number of benzene rings is 1. The van der Waals surface area contributed by atoms with E-state index in [1.807, 2.05) is 0 Å². The van der Waals surface area contributed by atoms with E-state index in [-0.39, 0.29) is 11.1 Å². The van der Waals surface area contributed by atoms with Crippen LogP contribution in [0.25, 0.3) is 11.0 Å². The fraction of sp³-hybridized carbons (Fsp3) is 0.389. The highest BCUT2D eigenvalue weighted by Gasteiger charge is 2.46. The molecule has 1 aliphatic heterocycles. The first kappa shape index (κ1) is 30.1. The third-order valence-corrected chi connectivity index (χ3v) is 7.54. The van der Waals surface area contributed by atoms with Gasteiger partial charge in [-0.2, -0.15) is 4.31 Å². The van der Waals surface area contributed by atoms with Gasteiger partial charge < -0.3 is 38.9 Å². The molecule has 40 heavy (non-hydrogen) atoms. The van der Waals surface area contributed by atoms with Crippen LogP contribution in [-0.2, 0) is 29.2 Å². The molecule has 4 rings (SSSR count). The van der Waals surface area contributed by atoms with Crippen molar-refractivity contribution >= 4 is 26.6 Å². The summed E-state index contributed by atoms with van der Waals surface area (Å²) in [6.07, 6.45) is -11.2. The number of aliphatic hydroxyl groups is 2. The molecule has 2 aromatic heterocycles. The minimum Gasteiger partial charge on any atom is -0.402 e. The second kappa shape index (κ2) is 10.8. The zero-order valence-corrected chi connectivity index (χ0v) is 21.2. The second-order valence-electron chi connectivity index (χ2n) is 8.12. The molecule has 1 aromatic carbocycles. The van der Waals surface area contributed by atoms with Crippen LogP contribution < -0.4 is 16.0 Å². The van der Waals surface area contributed by atoms with E-state index in [0.29, 0.717) is 9.13 Å². The molecule has 0 radical (unpaired) electrons. The van der Waals surface area contributed by atoms with Crippen molar-refractivity contribution in [3.8, 4) is 5.75 Å². The van der Waals surface area contributed by atoms with Crippen LogP contribution in [0.5, 0.6) is 5.75 Å². The third-order valence-electron chi connectivity index (χ3n) is 5.39. The van der Waals surface area contributed by atoms with E-state index in [0.717, 1.165) is 18.3 Å². The molecule has 5 atom stereocenters. The van der Waals surface area contributed by atoms with Crippen LogP contribution >= 0.6 is 15.6 Å². The first-order valence-electron chi connectivity index (χ1n) is 10.7. The minimum atomic E-state index is -5.44. The average Bonchev–Trinajstić information content (AvgIpc) is 3.35. The number of ether oxygens (including phenoxy) is 2. The van der Waals surface area contributed by atoms with E-state index in [1.165, 1.54) is 12.1 Å². The quantitative estimate of drug-likeness (QED) is 0.197. The van der Waals surface area contributed by atoms with Crippen molar-refractivity contribution in [2.24, 2.45) is 0 Å². The summed E-state index contributed by atoms with van der Waals surface area (Å²) < 4.78 is 83.8. The lowest BCUT2D eigenvalue weighted by molar-refractivity contribution is -0.274. The maximum atomic E-state index is 13.1. The fourth-order valence-electron chi connectivity index (χ4n) is 3.75. The first-order chi connectivity index (χ1) is 18.5. The van der Waals surface area contributed by atoms with Crippen LogP contribution in [0.4, 0.5) is 13.2 Å². The van der Waals surface area contributed by atoms with Crippen LogP contribution in [0, 0.1) is 0 Å². The van der Waals surface area contributed by atoms with Gasteiger partial charge in [0.15, 0.2) is 12.0 Å². The molecular weight excluding hydrogens is 601 g/mol. The van der Waals surface area contributed by atoms with Gasteiger partial charge in [-0.05, 0) is 12.1 Å². The van der Waals surface area contributed by atoms with E-state index >= 15 is 0 Å². The molecule has 2 unspecified atom stereocenters. The van der Waals surface area contributed by atoms with Gasteiger partial charge in [-0.1, -0.05) is 11.2 Å². The topological polar surface area (TPSA) is 242 Å². The number of hydrogen-bond acceptors (Lipinski definition) is 12. The Balaban J connectivity index is 1.58. The maximum Gasteiger partial charge on any atom is 0.573 e. The van der Waals surface area contributed by atoms with Gasteiger partial charge in [0, 0.05) is 12.3 Å². The van der Waals surface area contributed by atoms with Crippen molar-refractivity contribution in [1.82, 2.24) is 14.3 Å². The van der Waals surface area contributed by atoms with Crippen molar-refractivity contribution in [1.29, 1.82) is 0 Å². The number of phosphoric ester groups is 1. The first-order valence-corrected chi connectivity index (χ1v) is 13.7. The van der Waals surface area contributed by atoms with Crippen LogP contribution in [0.15, 0.2) is 44.6 Å². The molecule has 1 fully saturated rings. The number of phosphoric acid groups is 2. The highest BCUT2D eigenvalue weighted by Crippen LogP contribution is 2.57. The lowest BCUT2D eigenvalue weighted by atomic mass is 10.1. The molecule has 17 nitrogen and oxygen atoms in total. The molecule has 220 valence electrons. The molecule has 5 N–H and O–H groups in total. The Morgan fingerprint density at radius 3 is 2.42 bits per heavy atom. The highest BCUT2D eigenvalue weighted by atomic mass is 31.3. The van der Waals surface area contributed by atoms with Gasteiger partial charge in [0.1, 0.15) is 24.0 Å². The number of fused-ring (bicyclic) bond motifs is 1. The molecule has 0 spiro atoms. The zero-order chi connectivity index (χ0) is 29.6. The maximum absolute atomic E-state index is 13.1. The van der Waals surface area contributed by atoms with E-state index in [1.54, 1.807) is 0 Å². The largest absolute Gasteiger partial charge is 0.573 e. The highest BCUT2D eigenvalue weighted by molar-refractivity contribution is 7.60. The standard InChI is InChI=1S/C18H18F3N3O14P2/c19-18(20,21)36-10-3-1-2-8-9(22-37-15(8)10)6-24-12(25)4-5-23(17(24)28)16-14(27)13(26)11(35-16)7-34-40(32,33)38-39(29,30)31/h1-5,11,13-14,16,26-27H,6-7H2,(H,32,33)(H2,29,30,31)/t11-,13+,14?,16-/m1/s1. The SMILES string of the molecule is O=c1ccn([C@@H]2O[C@H](COP(=O)(O)OP(=O)(O)O)[C@H](O)C2O)c(=O)n1Cc1noc2c(OC(F)(F)F)cccc12. The Bertz CT molecular complexity index is 1610. The lowest BCUT2D eigenvalue weighted by Gasteiger charge is -2.19. The van der Waals surface area contributed by atoms with Gasteiger partial charge >= 0.3 is 27.7 Å². The second-order valence-corrected chi connectivity index (χ2v) is 11.0. The summed E-state index contributed by atoms with van der Waals surface area (Å²) in [7, 11) is -10.8. The summed E-state index contributed by atoms with van der Waals surface area (Å²) in [6, 6.07) is 4.32. The number of para-hydroxylation sites is 1. The normalized spacial score (nSPS) is 23.4. The van der Waals surface area contributed by atoms with Crippen molar-refractivity contribution in [3.05, 3.63) is 57.0 Å². The number of rotatable bonds is 9. The summed E-state index contributed by atoms with van der Waals surface area (Å²) in [5.41, 5.74) is -2.59. The number of halogens is 3. The average molecular weight is 619 g/mol. The van der Waals surface area contributed by atoms with E-state index in [4.69, 9.17) is 19.0 Å². The fourth-order valence-corrected chi connectivity index (χ4v) is 5.35. The molecular formula is C18H18F3N3O14P2. The third kappa shape index (κ3) is 6.69. The number of alkyl halides is 3. The Morgan fingerprint density at radius 1 is 1.07 bits per heavy atom. The van der Waals surface area contributed by atoms with E-state index < -0.39 is 82.3 Å².